The highest BCUT2D eigenvalue weighted by atomic mass is 79.9. The van der Waals surface area contributed by atoms with Gasteiger partial charge in [-0.2, -0.15) is 18.2 Å². The Hall–Kier alpha value is -3.27. The summed E-state index contributed by atoms with van der Waals surface area (Å²) in [7, 11) is 0. The second-order valence-corrected chi connectivity index (χ2v) is 9.30. The zero-order valence-corrected chi connectivity index (χ0v) is 21.7. The van der Waals surface area contributed by atoms with Crippen LogP contribution in [0.2, 0.25) is 0 Å². The van der Waals surface area contributed by atoms with Crippen molar-refractivity contribution in [2.45, 2.75) is 38.9 Å². The predicted octanol–water partition coefficient (Wildman–Crippen LogP) is 2.48. The Bertz CT molecular complexity index is 1260. The smallest absolute Gasteiger partial charge is 0.472 e. The number of halogens is 6. The topological polar surface area (TPSA) is 120 Å². The van der Waals surface area contributed by atoms with E-state index in [1.807, 2.05) is 0 Å². The second-order valence-electron chi connectivity index (χ2n) is 8.51. The molecule has 38 heavy (non-hydrogen) atoms. The van der Waals surface area contributed by atoms with E-state index in [-0.39, 0.29) is 60.7 Å². The first-order chi connectivity index (χ1) is 17.7. The molecule has 0 aliphatic carbocycles. The summed E-state index contributed by atoms with van der Waals surface area (Å²) in [6, 6.07) is 2.55. The zero-order chi connectivity index (χ0) is 28.4. The van der Waals surface area contributed by atoms with Gasteiger partial charge >= 0.3 is 12.1 Å². The van der Waals surface area contributed by atoms with Gasteiger partial charge in [-0.15, -0.1) is 0 Å². The number of ether oxygens (including phenoxy) is 2. The molecule has 0 bridgehead atoms. The molecule has 1 unspecified atom stereocenters. The maximum atomic E-state index is 14.0. The third kappa shape index (κ3) is 6.59. The van der Waals surface area contributed by atoms with Gasteiger partial charge in [-0.25, -0.2) is 13.6 Å². The summed E-state index contributed by atoms with van der Waals surface area (Å²) < 4.78 is 76.2. The van der Waals surface area contributed by atoms with Crippen molar-refractivity contribution in [3.8, 4) is 5.88 Å². The maximum absolute atomic E-state index is 14.0. The van der Waals surface area contributed by atoms with Crippen LogP contribution in [-0.2, 0) is 20.9 Å². The van der Waals surface area contributed by atoms with Crippen molar-refractivity contribution in [3.05, 3.63) is 50.2 Å². The number of rotatable bonds is 8. The average molecular weight is 612 g/mol. The standard InChI is InChI=1S/C22H23BrF5N5O5/c1-11(2)33-18(35)15(23)17(37-10-12-3-4-13(24)9-14(12)25)30-21(33)32-7-5-31(6-8-32)19(16(29)34)38-20(36)22(26,27)28/h3-4,9,11,19H,5-8,10H2,1-2H3,(H2,29,34). The molecular weight excluding hydrogens is 589 g/mol. The van der Waals surface area contributed by atoms with E-state index < -0.39 is 41.5 Å². The number of benzene rings is 1. The van der Waals surface area contributed by atoms with Gasteiger partial charge in [-0.3, -0.25) is 19.1 Å². The van der Waals surface area contributed by atoms with Crippen LogP contribution in [0.1, 0.15) is 25.5 Å². The monoisotopic (exact) mass is 611 g/mol. The second kappa shape index (κ2) is 11.6. The Morgan fingerprint density at radius 3 is 2.32 bits per heavy atom. The van der Waals surface area contributed by atoms with Crippen molar-refractivity contribution in [2.24, 2.45) is 5.73 Å². The van der Waals surface area contributed by atoms with Crippen LogP contribution in [0.3, 0.4) is 0 Å². The quantitative estimate of drug-likeness (QED) is 0.357. The van der Waals surface area contributed by atoms with E-state index in [2.05, 4.69) is 25.7 Å². The van der Waals surface area contributed by atoms with Gasteiger partial charge in [0, 0.05) is 43.9 Å². The highest BCUT2D eigenvalue weighted by Gasteiger charge is 2.44. The van der Waals surface area contributed by atoms with Crippen LogP contribution in [-0.4, -0.2) is 64.9 Å². The largest absolute Gasteiger partial charge is 0.490 e. The Morgan fingerprint density at radius 2 is 1.79 bits per heavy atom. The molecule has 2 aromatic rings. The van der Waals surface area contributed by atoms with Gasteiger partial charge in [0.25, 0.3) is 11.5 Å². The van der Waals surface area contributed by atoms with Gasteiger partial charge in [0.05, 0.1) is 0 Å². The summed E-state index contributed by atoms with van der Waals surface area (Å²) in [4.78, 5) is 43.2. The number of anilines is 1. The summed E-state index contributed by atoms with van der Waals surface area (Å²) >= 11 is 3.15. The first-order valence-corrected chi connectivity index (χ1v) is 11.9. The number of primary amides is 1. The van der Waals surface area contributed by atoms with Crippen molar-refractivity contribution in [1.29, 1.82) is 0 Å². The normalized spacial score (nSPS) is 15.4. The van der Waals surface area contributed by atoms with Crippen molar-refractivity contribution in [1.82, 2.24) is 14.5 Å². The summed E-state index contributed by atoms with van der Waals surface area (Å²) in [6.45, 7) is 3.06. The summed E-state index contributed by atoms with van der Waals surface area (Å²) in [5.74, 6) is -5.46. The number of amides is 1. The minimum absolute atomic E-state index is 0.0224. The number of carbonyl (C=O) groups is 2. The van der Waals surface area contributed by atoms with Crippen molar-refractivity contribution in [2.75, 3.05) is 31.1 Å². The van der Waals surface area contributed by atoms with E-state index in [9.17, 15) is 36.3 Å². The third-order valence-electron chi connectivity index (χ3n) is 5.53. The van der Waals surface area contributed by atoms with E-state index in [1.165, 1.54) is 10.6 Å². The van der Waals surface area contributed by atoms with Gasteiger partial charge in [0.15, 0.2) is 0 Å². The number of alkyl halides is 3. The third-order valence-corrected chi connectivity index (χ3v) is 6.21. The Labute approximate surface area is 221 Å². The average Bonchev–Trinajstić information content (AvgIpc) is 2.83. The summed E-state index contributed by atoms with van der Waals surface area (Å²) in [6.07, 6.45) is -7.25. The van der Waals surface area contributed by atoms with Crippen molar-refractivity contribution >= 4 is 33.8 Å². The SMILES string of the molecule is CC(C)n1c(N2CCN(C(OC(=O)C(F)(F)F)C(N)=O)CC2)nc(OCc2ccc(F)cc2F)c(Br)c1=O. The van der Waals surface area contributed by atoms with Crippen LogP contribution in [0.4, 0.5) is 27.9 Å². The highest BCUT2D eigenvalue weighted by Crippen LogP contribution is 2.27. The molecule has 1 amide bonds. The summed E-state index contributed by atoms with van der Waals surface area (Å²) in [5.41, 5.74) is 4.66. The fourth-order valence-corrected chi connectivity index (χ4v) is 4.08. The minimum atomic E-state index is -5.31. The fraction of sp³-hybridized carbons (Fsp3) is 0.455. The predicted molar refractivity (Wildman–Crippen MR) is 126 cm³/mol. The van der Waals surface area contributed by atoms with Gasteiger partial charge in [-0.05, 0) is 41.9 Å². The van der Waals surface area contributed by atoms with E-state index in [0.29, 0.717) is 6.07 Å². The molecule has 16 heteroatoms. The number of nitrogens with two attached hydrogens (primary N) is 1. The Balaban J connectivity index is 1.83. The molecule has 1 aromatic heterocycles. The molecule has 0 spiro atoms. The lowest BCUT2D eigenvalue weighted by molar-refractivity contribution is -0.212. The molecule has 1 aliphatic heterocycles. The molecule has 1 saturated heterocycles. The first-order valence-electron chi connectivity index (χ1n) is 11.2. The molecule has 3 rings (SSSR count). The molecule has 2 N–H and O–H groups in total. The van der Waals surface area contributed by atoms with Gasteiger partial charge in [-0.1, -0.05) is 0 Å². The molecule has 1 aromatic carbocycles. The van der Waals surface area contributed by atoms with E-state index in [1.54, 1.807) is 18.7 Å². The molecule has 0 radical (unpaired) electrons. The number of nitrogens with zero attached hydrogens (tertiary/aromatic N) is 4. The number of hydrogen-bond acceptors (Lipinski definition) is 8. The van der Waals surface area contributed by atoms with E-state index in [0.717, 1.165) is 11.0 Å². The number of carbonyl (C=O) groups excluding carboxylic acids is 2. The number of aromatic nitrogens is 2. The molecule has 0 saturated carbocycles. The molecule has 1 atom stereocenters. The number of esters is 1. The van der Waals surface area contributed by atoms with Crippen LogP contribution in [0, 0.1) is 11.6 Å². The lowest BCUT2D eigenvalue weighted by Gasteiger charge is -2.38. The Kier molecular flexibility index (Phi) is 8.97. The van der Waals surface area contributed by atoms with E-state index in [4.69, 9.17) is 10.5 Å². The molecule has 208 valence electrons. The van der Waals surface area contributed by atoms with E-state index >= 15 is 0 Å². The Morgan fingerprint density at radius 1 is 1.16 bits per heavy atom. The molecule has 2 heterocycles. The van der Waals surface area contributed by atoms with Gasteiger partial charge < -0.3 is 20.1 Å². The zero-order valence-electron chi connectivity index (χ0n) is 20.1. The van der Waals surface area contributed by atoms with Crippen LogP contribution < -0.4 is 20.9 Å². The van der Waals surface area contributed by atoms with Gasteiger partial charge in [0.1, 0.15) is 22.7 Å². The van der Waals surface area contributed by atoms with Crippen molar-refractivity contribution in [3.63, 3.8) is 0 Å². The highest BCUT2D eigenvalue weighted by molar-refractivity contribution is 9.10. The first kappa shape index (κ1) is 29.3. The van der Waals surface area contributed by atoms with Gasteiger partial charge in [0.2, 0.25) is 18.1 Å². The maximum Gasteiger partial charge on any atom is 0.490 e. The molecular formula is C22H23BrF5N5O5. The lowest BCUT2D eigenvalue weighted by Crippen LogP contribution is -2.57. The van der Waals surface area contributed by atoms with Crippen LogP contribution in [0.5, 0.6) is 5.88 Å². The number of piperazine rings is 1. The van der Waals surface area contributed by atoms with Crippen molar-refractivity contribution < 1.29 is 41.0 Å². The number of hydrogen-bond donors (Lipinski definition) is 1. The van der Waals surface area contributed by atoms with Crippen LogP contribution in [0.25, 0.3) is 0 Å². The minimum Gasteiger partial charge on any atom is -0.472 e. The molecule has 10 nitrogen and oxygen atoms in total. The van der Waals surface area contributed by atoms with Crippen LogP contribution >= 0.6 is 15.9 Å². The lowest BCUT2D eigenvalue weighted by atomic mass is 10.2. The van der Waals surface area contributed by atoms with Crippen LogP contribution in [0.15, 0.2) is 27.5 Å². The molecule has 1 aliphatic rings. The summed E-state index contributed by atoms with van der Waals surface area (Å²) in [5, 5.41) is 0. The fourth-order valence-electron chi connectivity index (χ4n) is 3.69. The molecule has 1 fully saturated rings.